The van der Waals surface area contributed by atoms with Crippen molar-refractivity contribution in [2.45, 2.75) is 25.0 Å². The molecule has 2 heterocycles. The van der Waals surface area contributed by atoms with Crippen LogP contribution >= 0.6 is 0 Å². The Kier molecular flexibility index (Phi) is 3.71. The molecule has 0 bridgehead atoms. The van der Waals surface area contributed by atoms with Crippen LogP contribution in [0.2, 0.25) is 0 Å². The number of fused-ring (bicyclic) bond motifs is 1. The summed E-state index contributed by atoms with van der Waals surface area (Å²) < 4.78 is 24.1. The van der Waals surface area contributed by atoms with Crippen LogP contribution in [0.5, 0.6) is 5.88 Å². The van der Waals surface area contributed by atoms with E-state index in [1.54, 1.807) is 0 Å². The minimum atomic E-state index is -0.569. The number of aliphatic hydroxyl groups excluding tert-OH is 1. The largest absolute Gasteiger partial charge is 0.479 e. The molecule has 1 aliphatic heterocycles. The predicted octanol–water partition coefficient (Wildman–Crippen LogP) is 0.600. The fourth-order valence-corrected chi connectivity index (χ4v) is 3.07. The number of aliphatic hydroxyl groups is 1. The highest BCUT2D eigenvalue weighted by molar-refractivity contribution is 5.36. The van der Waals surface area contributed by atoms with Crippen LogP contribution in [0.25, 0.3) is 0 Å². The van der Waals surface area contributed by atoms with E-state index in [-0.39, 0.29) is 30.6 Å². The molecule has 0 aromatic carbocycles. The highest BCUT2D eigenvalue weighted by Gasteiger charge is 2.41. The van der Waals surface area contributed by atoms with Crippen molar-refractivity contribution in [1.29, 1.82) is 0 Å². The van der Waals surface area contributed by atoms with Gasteiger partial charge in [-0.1, -0.05) is 0 Å². The van der Waals surface area contributed by atoms with E-state index >= 15 is 0 Å². The van der Waals surface area contributed by atoms with E-state index in [1.165, 1.54) is 7.11 Å². The number of aromatic nitrogens is 2. The second-order valence-electron chi connectivity index (χ2n) is 5.22. The fourth-order valence-electron chi connectivity index (χ4n) is 3.07. The quantitative estimate of drug-likeness (QED) is 0.876. The number of ether oxygens (including phenoxy) is 2. The van der Waals surface area contributed by atoms with Gasteiger partial charge in [0, 0.05) is 13.2 Å². The molecule has 1 saturated carbocycles. The van der Waals surface area contributed by atoms with Gasteiger partial charge in [-0.15, -0.1) is 0 Å². The van der Waals surface area contributed by atoms with E-state index in [0.29, 0.717) is 19.1 Å². The van der Waals surface area contributed by atoms with Crippen molar-refractivity contribution in [3.8, 4) is 5.88 Å². The maximum absolute atomic E-state index is 13.4. The molecule has 2 aliphatic rings. The third-order valence-electron chi connectivity index (χ3n) is 4.04. The maximum atomic E-state index is 13.4. The van der Waals surface area contributed by atoms with Crippen LogP contribution in [0.15, 0.2) is 6.20 Å². The molecule has 20 heavy (non-hydrogen) atoms. The summed E-state index contributed by atoms with van der Waals surface area (Å²) in [6.07, 6.45) is 2.89. The van der Waals surface area contributed by atoms with Crippen molar-refractivity contribution < 1.29 is 19.0 Å². The Labute approximate surface area is 116 Å². The number of nitrogens with zero attached hydrogens (tertiary/aromatic N) is 3. The summed E-state index contributed by atoms with van der Waals surface area (Å²) in [6, 6.07) is 0.135. The zero-order valence-corrected chi connectivity index (χ0v) is 11.3. The average Bonchev–Trinajstić information content (AvgIpc) is 2.91. The molecule has 1 saturated heterocycles. The Balaban J connectivity index is 1.85. The molecule has 0 radical (unpaired) electrons. The number of anilines is 1. The molecular weight excluding hydrogens is 265 g/mol. The van der Waals surface area contributed by atoms with Crippen molar-refractivity contribution in [1.82, 2.24) is 9.97 Å². The van der Waals surface area contributed by atoms with E-state index in [2.05, 4.69) is 9.97 Å². The molecule has 110 valence electrons. The zero-order chi connectivity index (χ0) is 14.1. The molecule has 6 nitrogen and oxygen atoms in total. The lowest BCUT2D eigenvalue weighted by Crippen LogP contribution is -2.49. The first-order valence-corrected chi connectivity index (χ1v) is 6.78. The smallest absolute Gasteiger partial charge is 0.255 e. The number of rotatable bonds is 3. The molecular formula is C13H18FN3O3. The minimum absolute atomic E-state index is 0.0465. The predicted molar refractivity (Wildman–Crippen MR) is 69.2 cm³/mol. The minimum Gasteiger partial charge on any atom is -0.479 e. The van der Waals surface area contributed by atoms with E-state index in [0.717, 1.165) is 19.0 Å². The number of methoxy groups -OCH3 is 1. The molecule has 1 unspecified atom stereocenters. The zero-order valence-electron chi connectivity index (χ0n) is 11.3. The molecule has 1 aliphatic carbocycles. The van der Waals surface area contributed by atoms with Crippen molar-refractivity contribution in [2.24, 2.45) is 5.92 Å². The summed E-state index contributed by atoms with van der Waals surface area (Å²) in [5.74, 6) is 0.0866. The average molecular weight is 283 g/mol. The second-order valence-corrected chi connectivity index (χ2v) is 5.22. The Morgan fingerprint density at radius 1 is 1.55 bits per heavy atom. The van der Waals surface area contributed by atoms with Crippen LogP contribution in [0.1, 0.15) is 12.8 Å². The Bertz CT molecular complexity index is 488. The monoisotopic (exact) mass is 283 g/mol. The van der Waals surface area contributed by atoms with Gasteiger partial charge in [0.15, 0.2) is 0 Å². The molecule has 0 spiro atoms. The van der Waals surface area contributed by atoms with Crippen LogP contribution < -0.4 is 9.64 Å². The number of hydrogen-bond acceptors (Lipinski definition) is 6. The van der Waals surface area contributed by atoms with Crippen LogP contribution in [0, 0.1) is 11.7 Å². The normalized spacial score (nSPS) is 29.4. The Morgan fingerprint density at radius 3 is 3.15 bits per heavy atom. The molecule has 0 amide bonds. The molecule has 1 aromatic rings. The van der Waals surface area contributed by atoms with Crippen molar-refractivity contribution >= 4 is 5.95 Å². The highest BCUT2D eigenvalue weighted by Crippen LogP contribution is 2.35. The Hall–Kier alpha value is -1.47. The van der Waals surface area contributed by atoms with Crippen molar-refractivity contribution in [3.05, 3.63) is 12.0 Å². The van der Waals surface area contributed by atoms with Gasteiger partial charge >= 0.3 is 0 Å². The summed E-state index contributed by atoms with van der Waals surface area (Å²) in [4.78, 5) is 10.2. The van der Waals surface area contributed by atoms with Gasteiger partial charge in [0.25, 0.3) is 5.88 Å². The van der Waals surface area contributed by atoms with Gasteiger partial charge in [-0.25, -0.2) is 4.98 Å². The van der Waals surface area contributed by atoms with Crippen LogP contribution in [0.3, 0.4) is 0 Å². The van der Waals surface area contributed by atoms with Crippen LogP contribution in [-0.4, -0.2) is 54.1 Å². The summed E-state index contributed by atoms with van der Waals surface area (Å²) in [5, 5.41) is 9.31. The summed E-state index contributed by atoms with van der Waals surface area (Å²) in [7, 11) is 1.38. The summed E-state index contributed by atoms with van der Waals surface area (Å²) >= 11 is 0. The van der Waals surface area contributed by atoms with Crippen LogP contribution in [-0.2, 0) is 4.74 Å². The summed E-state index contributed by atoms with van der Waals surface area (Å²) in [6.45, 7) is 1.41. The second kappa shape index (κ2) is 5.49. The van der Waals surface area contributed by atoms with Gasteiger partial charge in [-0.2, -0.15) is 9.37 Å². The van der Waals surface area contributed by atoms with Gasteiger partial charge in [0.1, 0.15) is 0 Å². The molecule has 1 aromatic heterocycles. The van der Waals surface area contributed by atoms with Gasteiger partial charge in [-0.3, -0.25) is 0 Å². The molecule has 1 N–H and O–H groups in total. The van der Waals surface area contributed by atoms with Crippen molar-refractivity contribution in [3.63, 3.8) is 0 Å². The van der Waals surface area contributed by atoms with Crippen LogP contribution in [0.4, 0.5) is 10.3 Å². The first-order valence-electron chi connectivity index (χ1n) is 6.78. The van der Waals surface area contributed by atoms with E-state index < -0.39 is 5.82 Å². The highest BCUT2D eigenvalue weighted by atomic mass is 19.1. The third-order valence-corrected chi connectivity index (χ3v) is 4.04. The van der Waals surface area contributed by atoms with Crippen molar-refractivity contribution in [2.75, 3.05) is 31.8 Å². The van der Waals surface area contributed by atoms with E-state index in [1.807, 2.05) is 4.90 Å². The van der Waals surface area contributed by atoms with E-state index in [9.17, 15) is 9.50 Å². The van der Waals surface area contributed by atoms with Gasteiger partial charge < -0.3 is 19.5 Å². The van der Waals surface area contributed by atoms with Gasteiger partial charge in [0.2, 0.25) is 11.8 Å². The Morgan fingerprint density at radius 2 is 2.40 bits per heavy atom. The van der Waals surface area contributed by atoms with Gasteiger partial charge in [-0.05, 0) is 18.8 Å². The molecule has 7 heteroatoms. The van der Waals surface area contributed by atoms with Gasteiger partial charge in [0.05, 0.1) is 32.1 Å². The first kappa shape index (κ1) is 13.5. The number of hydrogen-bond donors (Lipinski definition) is 1. The fraction of sp³-hybridized carbons (Fsp3) is 0.692. The SMILES string of the molecule is COc1nc(N2CCOC3C[C@H](CO)C[C@@H]32)ncc1F. The first-order chi connectivity index (χ1) is 9.72. The lowest BCUT2D eigenvalue weighted by molar-refractivity contribution is 0.0224. The molecule has 3 rings (SSSR count). The van der Waals surface area contributed by atoms with E-state index in [4.69, 9.17) is 9.47 Å². The number of halogens is 1. The maximum Gasteiger partial charge on any atom is 0.255 e. The lowest BCUT2D eigenvalue weighted by atomic mass is 10.1. The molecule has 2 fully saturated rings. The third kappa shape index (κ3) is 2.31. The molecule has 3 atom stereocenters. The standard InChI is InChI=1S/C13H18FN3O3/c1-19-12-9(14)6-15-13(16-12)17-2-3-20-11-5-8(7-18)4-10(11)17/h6,8,10-11,18H,2-5,7H2,1H3/t8-,10+,11?/m1/s1. The lowest BCUT2D eigenvalue weighted by Gasteiger charge is -2.37. The number of morpholine rings is 1. The summed E-state index contributed by atoms with van der Waals surface area (Å²) in [5.41, 5.74) is 0. The topological polar surface area (TPSA) is 67.7 Å².